The van der Waals surface area contributed by atoms with Crippen LogP contribution in [0.4, 0.5) is 0 Å². The molecule has 3 aliphatic rings. The third-order valence-electron chi connectivity index (χ3n) is 7.22. The first-order valence-corrected chi connectivity index (χ1v) is 11.1. The molecular formula is C25H28N2O4. The summed E-state index contributed by atoms with van der Waals surface area (Å²) in [5.74, 6) is 1.01. The van der Waals surface area contributed by atoms with Crippen molar-refractivity contribution in [3.63, 3.8) is 0 Å². The minimum atomic E-state index is -0.221. The number of aliphatic hydroxyl groups excluding tert-OH is 1. The molecule has 0 unspecified atom stereocenters. The standard InChI is InChI=1S/C25H28N2O4/c1-31-20-7-3-6-19(12-20)16-8-10-17(11-9-16)24-21-13-26(25(30)18-4-2-5-18)14-23(29)27(21)22(24)15-28/h3,6-12,18,21-22,24,28H,2,4-5,13-15H2,1H3/t21-,22-,24+/m1/s1. The fourth-order valence-electron chi connectivity index (χ4n) is 5.28. The van der Waals surface area contributed by atoms with Crippen molar-refractivity contribution in [2.45, 2.75) is 37.3 Å². The fourth-order valence-corrected chi connectivity index (χ4v) is 5.28. The van der Waals surface area contributed by atoms with Crippen LogP contribution in [0, 0.1) is 5.92 Å². The van der Waals surface area contributed by atoms with Gasteiger partial charge in [0.25, 0.3) is 0 Å². The Bertz CT molecular complexity index is 985. The molecule has 6 heteroatoms. The first kappa shape index (κ1) is 20.1. The van der Waals surface area contributed by atoms with Gasteiger partial charge in [-0.25, -0.2) is 0 Å². The number of methoxy groups -OCH3 is 1. The number of benzene rings is 2. The summed E-state index contributed by atoms with van der Waals surface area (Å²) in [5.41, 5.74) is 3.25. The smallest absolute Gasteiger partial charge is 0.242 e. The molecule has 6 nitrogen and oxygen atoms in total. The second-order valence-corrected chi connectivity index (χ2v) is 8.84. The summed E-state index contributed by atoms with van der Waals surface area (Å²) >= 11 is 0. The van der Waals surface area contributed by atoms with Crippen molar-refractivity contribution >= 4 is 11.8 Å². The van der Waals surface area contributed by atoms with Crippen molar-refractivity contribution in [2.24, 2.45) is 5.92 Å². The molecule has 2 aromatic carbocycles. The maximum absolute atomic E-state index is 12.8. The van der Waals surface area contributed by atoms with E-state index in [1.807, 2.05) is 24.3 Å². The number of aliphatic hydroxyl groups is 1. The van der Waals surface area contributed by atoms with Crippen molar-refractivity contribution in [2.75, 3.05) is 26.8 Å². The number of nitrogens with zero attached hydrogens (tertiary/aromatic N) is 2. The third-order valence-corrected chi connectivity index (χ3v) is 7.22. The Morgan fingerprint density at radius 2 is 1.90 bits per heavy atom. The first-order valence-electron chi connectivity index (χ1n) is 11.1. The van der Waals surface area contributed by atoms with Gasteiger partial charge in [-0.1, -0.05) is 42.8 Å². The predicted octanol–water partition coefficient (Wildman–Crippen LogP) is 2.66. The normalized spacial score (nSPS) is 25.5. The van der Waals surface area contributed by atoms with Gasteiger partial charge in [-0.05, 0) is 41.7 Å². The molecule has 1 N–H and O–H groups in total. The maximum Gasteiger partial charge on any atom is 0.242 e. The molecule has 2 aliphatic heterocycles. The van der Waals surface area contributed by atoms with Crippen LogP contribution in [0.3, 0.4) is 0 Å². The number of piperazine rings is 1. The van der Waals surface area contributed by atoms with Crippen LogP contribution in [-0.4, -0.2) is 65.6 Å². The summed E-state index contributed by atoms with van der Waals surface area (Å²) in [7, 11) is 1.66. The molecule has 2 saturated heterocycles. The topological polar surface area (TPSA) is 70.1 Å². The van der Waals surface area contributed by atoms with Crippen molar-refractivity contribution in [1.82, 2.24) is 9.80 Å². The summed E-state index contributed by atoms with van der Waals surface area (Å²) in [4.78, 5) is 29.0. The minimum absolute atomic E-state index is 0.0327. The van der Waals surface area contributed by atoms with Gasteiger partial charge in [-0.15, -0.1) is 0 Å². The van der Waals surface area contributed by atoms with Gasteiger partial charge in [-0.2, -0.15) is 0 Å². The number of amides is 2. The zero-order valence-corrected chi connectivity index (χ0v) is 17.7. The molecule has 162 valence electrons. The second kappa shape index (κ2) is 8.00. The van der Waals surface area contributed by atoms with Gasteiger partial charge in [0.15, 0.2) is 0 Å². The van der Waals surface area contributed by atoms with Crippen LogP contribution in [0.2, 0.25) is 0 Å². The zero-order chi connectivity index (χ0) is 21.5. The van der Waals surface area contributed by atoms with Gasteiger partial charge in [0, 0.05) is 18.4 Å². The number of rotatable bonds is 5. The summed E-state index contributed by atoms with van der Waals surface area (Å²) in [6, 6.07) is 16.0. The largest absolute Gasteiger partial charge is 0.497 e. The Balaban J connectivity index is 1.37. The predicted molar refractivity (Wildman–Crippen MR) is 117 cm³/mol. The van der Waals surface area contributed by atoms with E-state index in [2.05, 4.69) is 24.3 Å². The van der Waals surface area contributed by atoms with Crippen LogP contribution in [-0.2, 0) is 9.59 Å². The van der Waals surface area contributed by atoms with Crippen LogP contribution >= 0.6 is 0 Å². The quantitative estimate of drug-likeness (QED) is 0.808. The summed E-state index contributed by atoms with van der Waals surface area (Å²) < 4.78 is 5.32. The zero-order valence-electron chi connectivity index (χ0n) is 17.7. The Morgan fingerprint density at radius 1 is 1.13 bits per heavy atom. The van der Waals surface area contributed by atoms with E-state index in [9.17, 15) is 14.7 Å². The lowest BCUT2D eigenvalue weighted by Gasteiger charge is -2.59. The molecule has 0 spiro atoms. The lowest BCUT2D eigenvalue weighted by Crippen LogP contribution is -2.73. The van der Waals surface area contributed by atoms with Gasteiger partial charge in [0.2, 0.25) is 11.8 Å². The molecule has 1 aliphatic carbocycles. The molecular weight excluding hydrogens is 392 g/mol. The van der Waals surface area contributed by atoms with Crippen LogP contribution in [0.5, 0.6) is 5.75 Å². The van der Waals surface area contributed by atoms with Crippen LogP contribution in [0.25, 0.3) is 11.1 Å². The molecule has 2 heterocycles. The van der Waals surface area contributed by atoms with Gasteiger partial charge in [0.05, 0.1) is 32.3 Å². The minimum Gasteiger partial charge on any atom is -0.497 e. The first-order chi connectivity index (χ1) is 15.1. The number of carbonyl (C=O) groups excluding carboxylic acids is 2. The lowest BCUT2D eigenvalue weighted by atomic mass is 9.73. The molecule has 0 radical (unpaired) electrons. The highest BCUT2D eigenvalue weighted by molar-refractivity contribution is 5.89. The van der Waals surface area contributed by atoms with E-state index in [0.717, 1.165) is 41.7 Å². The Morgan fingerprint density at radius 3 is 2.55 bits per heavy atom. The number of carbonyl (C=O) groups is 2. The highest BCUT2D eigenvalue weighted by atomic mass is 16.5. The third kappa shape index (κ3) is 3.39. The van der Waals surface area contributed by atoms with Gasteiger partial charge in [-0.3, -0.25) is 9.59 Å². The van der Waals surface area contributed by atoms with E-state index in [-0.39, 0.29) is 48.9 Å². The van der Waals surface area contributed by atoms with E-state index in [0.29, 0.717) is 6.54 Å². The molecule has 0 bridgehead atoms. The number of hydrogen-bond donors (Lipinski definition) is 1. The average Bonchev–Trinajstić information content (AvgIpc) is 2.74. The van der Waals surface area contributed by atoms with Crippen molar-refractivity contribution in [3.8, 4) is 16.9 Å². The molecule has 3 atom stereocenters. The molecule has 2 amide bonds. The van der Waals surface area contributed by atoms with E-state index < -0.39 is 0 Å². The van der Waals surface area contributed by atoms with Crippen LogP contribution in [0.1, 0.15) is 30.7 Å². The van der Waals surface area contributed by atoms with Crippen molar-refractivity contribution in [3.05, 3.63) is 54.1 Å². The van der Waals surface area contributed by atoms with Crippen molar-refractivity contribution in [1.29, 1.82) is 0 Å². The number of ether oxygens (including phenoxy) is 1. The average molecular weight is 421 g/mol. The summed E-state index contributed by atoms with van der Waals surface area (Å²) in [6.45, 7) is 0.630. The molecule has 2 aromatic rings. The van der Waals surface area contributed by atoms with Gasteiger partial charge < -0.3 is 19.6 Å². The van der Waals surface area contributed by atoms with Crippen LogP contribution < -0.4 is 4.74 Å². The summed E-state index contributed by atoms with van der Waals surface area (Å²) in [5, 5.41) is 9.99. The number of fused-ring (bicyclic) bond motifs is 1. The molecule has 1 saturated carbocycles. The van der Waals surface area contributed by atoms with E-state index in [1.165, 1.54) is 0 Å². The number of hydrogen-bond acceptors (Lipinski definition) is 4. The van der Waals surface area contributed by atoms with Gasteiger partial charge >= 0.3 is 0 Å². The Kier molecular flexibility index (Phi) is 5.18. The van der Waals surface area contributed by atoms with E-state index in [1.54, 1.807) is 16.9 Å². The SMILES string of the molecule is COc1cccc(-c2ccc([C@@H]3[C@@H](CO)N4C(=O)CN(C(=O)C5CCC5)C[C@H]34)cc2)c1. The van der Waals surface area contributed by atoms with Crippen LogP contribution in [0.15, 0.2) is 48.5 Å². The molecule has 31 heavy (non-hydrogen) atoms. The summed E-state index contributed by atoms with van der Waals surface area (Å²) in [6.07, 6.45) is 2.97. The van der Waals surface area contributed by atoms with E-state index in [4.69, 9.17) is 4.74 Å². The molecule has 0 aromatic heterocycles. The Hall–Kier alpha value is -2.86. The van der Waals surface area contributed by atoms with Crippen molar-refractivity contribution < 1.29 is 19.4 Å². The highest BCUT2D eigenvalue weighted by Crippen LogP contribution is 2.44. The molecule has 5 rings (SSSR count). The lowest BCUT2D eigenvalue weighted by molar-refractivity contribution is -0.169. The maximum atomic E-state index is 12.8. The van der Waals surface area contributed by atoms with Gasteiger partial charge in [0.1, 0.15) is 5.75 Å². The van der Waals surface area contributed by atoms with E-state index >= 15 is 0 Å². The molecule has 3 fully saturated rings. The fraction of sp³-hybridized carbons (Fsp3) is 0.440. The monoisotopic (exact) mass is 420 g/mol. The second-order valence-electron chi connectivity index (χ2n) is 8.84. The Labute approximate surface area is 182 Å². The highest BCUT2D eigenvalue weighted by Gasteiger charge is 2.54.